The minimum absolute atomic E-state index is 0.315. The first-order chi connectivity index (χ1) is 9.60. The second kappa shape index (κ2) is 7.20. The van der Waals surface area contributed by atoms with Gasteiger partial charge in [0.1, 0.15) is 0 Å². The monoisotopic (exact) mass is 340 g/mol. The molecule has 0 saturated carbocycles. The van der Waals surface area contributed by atoms with Gasteiger partial charge in [-0.25, -0.2) is 4.79 Å². The summed E-state index contributed by atoms with van der Waals surface area (Å²) >= 11 is 3.44. The summed E-state index contributed by atoms with van der Waals surface area (Å²) in [7, 11) is 0. The number of likely N-dealkylation sites (tertiary alicyclic amines) is 1. The van der Waals surface area contributed by atoms with Gasteiger partial charge in [0, 0.05) is 17.6 Å². The van der Waals surface area contributed by atoms with Crippen molar-refractivity contribution in [1.29, 1.82) is 0 Å². The molecular weight excluding hydrogens is 320 g/mol. The molecule has 1 aliphatic heterocycles. The molecule has 1 unspecified atom stereocenters. The van der Waals surface area contributed by atoms with Crippen molar-refractivity contribution in [3.63, 3.8) is 0 Å². The zero-order valence-electron chi connectivity index (χ0n) is 11.7. The Balaban J connectivity index is 1.81. The molecule has 1 atom stereocenters. The van der Waals surface area contributed by atoms with Crippen LogP contribution in [0.3, 0.4) is 0 Å². The summed E-state index contributed by atoms with van der Waals surface area (Å²) in [5.41, 5.74) is 1.41. The van der Waals surface area contributed by atoms with Crippen LogP contribution in [0.2, 0.25) is 0 Å². The van der Waals surface area contributed by atoms with Crippen LogP contribution in [0.1, 0.15) is 29.3 Å². The van der Waals surface area contributed by atoms with Gasteiger partial charge in [-0.15, -0.1) is 0 Å². The van der Waals surface area contributed by atoms with Crippen molar-refractivity contribution in [3.8, 4) is 0 Å². The molecule has 110 valence electrons. The Morgan fingerprint density at radius 2 is 2.35 bits per heavy atom. The number of nitrogens with one attached hydrogen (secondary N) is 1. The lowest BCUT2D eigenvalue weighted by atomic mass is 10.1. The number of rotatable bonds is 6. The van der Waals surface area contributed by atoms with E-state index < -0.39 is 5.97 Å². The third-order valence-corrected chi connectivity index (χ3v) is 4.60. The lowest BCUT2D eigenvalue weighted by Gasteiger charge is -2.14. The van der Waals surface area contributed by atoms with E-state index in [4.69, 9.17) is 5.11 Å². The van der Waals surface area contributed by atoms with Crippen LogP contribution in [0.5, 0.6) is 0 Å². The Hall–Kier alpha value is -0.910. The predicted octanol–water partition coefficient (Wildman–Crippen LogP) is 2.58. The second-order valence-corrected chi connectivity index (χ2v) is 6.14. The van der Waals surface area contributed by atoms with Crippen molar-refractivity contribution in [1.82, 2.24) is 10.2 Å². The second-order valence-electron chi connectivity index (χ2n) is 5.29. The Kier molecular flexibility index (Phi) is 5.57. The van der Waals surface area contributed by atoms with Crippen molar-refractivity contribution >= 4 is 21.9 Å². The Morgan fingerprint density at radius 1 is 1.55 bits per heavy atom. The highest BCUT2D eigenvalue weighted by Gasteiger charge is 2.20. The molecule has 4 nitrogen and oxygen atoms in total. The normalized spacial score (nSPS) is 19.4. The molecular formula is C15H21BrN2O2. The standard InChI is InChI=1S/C15H21BrN2O2/c1-2-18-6-5-11(10-18)8-17-9-13-4-3-12(15(19)20)7-14(13)16/h3-4,7,11,17H,2,5-6,8-10H2,1H3,(H,19,20). The molecule has 0 bridgehead atoms. The average molecular weight is 341 g/mol. The maximum atomic E-state index is 10.9. The lowest BCUT2D eigenvalue weighted by molar-refractivity contribution is 0.0697. The molecule has 0 aliphatic carbocycles. The van der Waals surface area contributed by atoms with Crippen molar-refractivity contribution < 1.29 is 9.90 Å². The van der Waals surface area contributed by atoms with Crippen LogP contribution in [0.25, 0.3) is 0 Å². The zero-order valence-corrected chi connectivity index (χ0v) is 13.3. The lowest BCUT2D eigenvalue weighted by Crippen LogP contribution is -2.26. The van der Waals surface area contributed by atoms with Crippen molar-refractivity contribution in [2.24, 2.45) is 5.92 Å². The molecule has 5 heteroatoms. The van der Waals surface area contributed by atoms with Crippen molar-refractivity contribution in [3.05, 3.63) is 33.8 Å². The number of halogens is 1. The van der Waals surface area contributed by atoms with E-state index in [1.165, 1.54) is 19.5 Å². The quantitative estimate of drug-likeness (QED) is 0.835. The first-order valence-electron chi connectivity index (χ1n) is 7.05. The Bertz CT molecular complexity index is 479. The number of carboxylic acids is 1. The summed E-state index contributed by atoms with van der Waals surface area (Å²) in [4.78, 5) is 13.3. The fourth-order valence-electron chi connectivity index (χ4n) is 2.60. The highest BCUT2D eigenvalue weighted by molar-refractivity contribution is 9.10. The van der Waals surface area contributed by atoms with Crippen LogP contribution in [0.4, 0.5) is 0 Å². The summed E-state index contributed by atoms with van der Waals surface area (Å²) in [6.07, 6.45) is 1.26. The number of carbonyl (C=O) groups is 1. The third-order valence-electron chi connectivity index (χ3n) is 3.87. The molecule has 0 radical (unpaired) electrons. The minimum atomic E-state index is -0.893. The van der Waals surface area contributed by atoms with E-state index in [-0.39, 0.29) is 0 Å². The number of aromatic carboxylic acids is 1. The van der Waals surface area contributed by atoms with Crippen molar-refractivity contribution in [2.75, 3.05) is 26.2 Å². The first kappa shape index (κ1) is 15.5. The zero-order chi connectivity index (χ0) is 14.5. The first-order valence-corrected chi connectivity index (χ1v) is 7.84. The molecule has 2 N–H and O–H groups in total. The van der Waals surface area contributed by atoms with E-state index >= 15 is 0 Å². The smallest absolute Gasteiger partial charge is 0.335 e. The van der Waals surface area contributed by atoms with Crippen LogP contribution < -0.4 is 5.32 Å². The maximum Gasteiger partial charge on any atom is 0.335 e. The van der Waals surface area contributed by atoms with Gasteiger partial charge in [0.2, 0.25) is 0 Å². The van der Waals surface area contributed by atoms with Gasteiger partial charge < -0.3 is 15.3 Å². The molecule has 1 heterocycles. The van der Waals surface area contributed by atoms with Gasteiger partial charge in [-0.1, -0.05) is 28.9 Å². The number of hydrogen-bond donors (Lipinski definition) is 2. The predicted molar refractivity (Wildman–Crippen MR) is 83.0 cm³/mol. The average Bonchev–Trinajstić information content (AvgIpc) is 2.88. The van der Waals surface area contributed by atoms with Gasteiger partial charge in [-0.3, -0.25) is 0 Å². The largest absolute Gasteiger partial charge is 0.478 e. The van der Waals surface area contributed by atoms with Gasteiger partial charge in [0.25, 0.3) is 0 Å². The maximum absolute atomic E-state index is 10.9. The fourth-order valence-corrected chi connectivity index (χ4v) is 3.12. The summed E-state index contributed by atoms with van der Waals surface area (Å²) in [6.45, 7) is 7.52. The highest BCUT2D eigenvalue weighted by atomic mass is 79.9. The van der Waals surface area contributed by atoms with E-state index in [1.54, 1.807) is 12.1 Å². The number of hydrogen-bond acceptors (Lipinski definition) is 3. The fraction of sp³-hybridized carbons (Fsp3) is 0.533. The molecule has 1 aliphatic rings. The Morgan fingerprint density at radius 3 is 2.95 bits per heavy atom. The summed E-state index contributed by atoms with van der Waals surface area (Å²) < 4.78 is 0.853. The molecule has 1 fully saturated rings. The summed E-state index contributed by atoms with van der Waals surface area (Å²) in [5.74, 6) is -0.164. The molecule has 0 spiro atoms. The van der Waals surface area contributed by atoms with E-state index in [0.29, 0.717) is 5.56 Å². The Labute approximate surface area is 128 Å². The molecule has 2 rings (SSSR count). The van der Waals surface area contributed by atoms with E-state index in [9.17, 15) is 4.79 Å². The van der Waals surface area contributed by atoms with Gasteiger partial charge in [0.15, 0.2) is 0 Å². The third kappa shape index (κ3) is 4.04. The number of benzene rings is 1. The van der Waals surface area contributed by atoms with Crippen LogP contribution in [0, 0.1) is 5.92 Å². The summed E-state index contributed by atoms with van der Waals surface area (Å²) in [5, 5.41) is 12.4. The highest BCUT2D eigenvalue weighted by Crippen LogP contribution is 2.19. The SMILES string of the molecule is CCN1CCC(CNCc2ccc(C(=O)O)cc2Br)C1. The van der Waals surface area contributed by atoms with Crippen LogP contribution in [-0.2, 0) is 6.54 Å². The molecule has 1 aromatic rings. The molecule has 1 aromatic carbocycles. The molecule has 0 aromatic heterocycles. The van der Waals surface area contributed by atoms with E-state index in [0.717, 1.165) is 35.6 Å². The molecule has 20 heavy (non-hydrogen) atoms. The number of carboxylic acid groups (broad SMARTS) is 1. The minimum Gasteiger partial charge on any atom is -0.478 e. The molecule has 0 amide bonds. The topological polar surface area (TPSA) is 52.6 Å². The van der Waals surface area contributed by atoms with E-state index in [2.05, 4.69) is 33.1 Å². The van der Waals surface area contributed by atoms with Crippen LogP contribution in [-0.4, -0.2) is 42.2 Å². The molecule has 1 saturated heterocycles. The van der Waals surface area contributed by atoms with Gasteiger partial charge in [0.05, 0.1) is 5.56 Å². The van der Waals surface area contributed by atoms with Crippen LogP contribution in [0.15, 0.2) is 22.7 Å². The van der Waals surface area contributed by atoms with Crippen LogP contribution >= 0.6 is 15.9 Å². The summed E-state index contributed by atoms with van der Waals surface area (Å²) in [6, 6.07) is 5.18. The van der Waals surface area contributed by atoms with Gasteiger partial charge in [-0.2, -0.15) is 0 Å². The van der Waals surface area contributed by atoms with Gasteiger partial charge in [-0.05, 0) is 49.7 Å². The van der Waals surface area contributed by atoms with Gasteiger partial charge >= 0.3 is 5.97 Å². The number of nitrogens with zero attached hydrogens (tertiary/aromatic N) is 1. The van der Waals surface area contributed by atoms with E-state index in [1.807, 2.05) is 6.07 Å². The van der Waals surface area contributed by atoms with Crippen molar-refractivity contribution in [2.45, 2.75) is 19.9 Å².